The van der Waals surface area contributed by atoms with E-state index in [9.17, 15) is 0 Å². The summed E-state index contributed by atoms with van der Waals surface area (Å²) < 4.78 is 0. The quantitative estimate of drug-likeness (QED) is 0.196. The van der Waals surface area contributed by atoms with Gasteiger partial charge in [-0.1, -0.05) is 101 Å². The monoisotopic (exact) mass is 394 g/mol. The SMILES string of the molecule is CCCCCCCCc1ccc(-c2ccc3cc4cc(CC)ccc4cc3c2)cc1. The molecule has 0 fully saturated rings. The Morgan fingerprint density at radius 3 is 1.80 bits per heavy atom. The third-order valence-electron chi connectivity index (χ3n) is 6.37. The van der Waals surface area contributed by atoms with Crippen LogP contribution in [0.25, 0.3) is 32.7 Å². The Morgan fingerprint density at radius 1 is 0.467 bits per heavy atom. The number of hydrogen-bond acceptors (Lipinski definition) is 0. The molecule has 0 aromatic heterocycles. The average molecular weight is 395 g/mol. The molecular weight excluding hydrogens is 360 g/mol. The van der Waals surface area contributed by atoms with E-state index in [1.165, 1.54) is 88.7 Å². The molecule has 0 amide bonds. The first-order valence-electron chi connectivity index (χ1n) is 11.8. The van der Waals surface area contributed by atoms with Crippen LogP contribution in [-0.2, 0) is 12.8 Å². The predicted octanol–water partition coefficient (Wildman–Crippen LogP) is 9.13. The zero-order valence-electron chi connectivity index (χ0n) is 18.6. The molecule has 0 heterocycles. The summed E-state index contributed by atoms with van der Waals surface area (Å²) in [5.41, 5.74) is 5.48. The van der Waals surface area contributed by atoms with Gasteiger partial charge in [-0.15, -0.1) is 0 Å². The van der Waals surface area contributed by atoms with Crippen molar-refractivity contribution >= 4 is 21.5 Å². The first-order chi connectivity index (χ1) is 14.8. The number of benzene rings is 4. The second-order valence-electron chi connectivity index (χ2n) is 8.66. The Bertz CT molecular complexity index is 1100. The van der Waals surface area contributed by atoms with E-state index in [1.807, 2.05) is 0 Å². The fourth-order valence-electron chi connectivity index (χ4n) is 4.42. The minimum absolute atomic E-state index is 1.09. The molecule has 4 aromatic rings. The van der Waals surface area contributed by atoms with Gasteiger partial charge in [-0.05, 0) is 81.3 Å². The summed E-state index contributed by atoms with van der Waals surface area (Å²) in [6.07, 6.45) is 10.5. The molecular formula is C30H34. The van der Waals surface area contributed by atoms with Gasteiger partial charge < -0.3 is 0 Å². The number of aryl methyl sites for hydroxylation is 2. The van der Waals surface area contributed by atoms with Crippen molar-refractivity contribution in [3.63, 3.8) is 0 Å². The minimum atomic E-state index is 1.09. The van der Waals surface area contributed by atoms with E-state index in [0.29, 0.717) is 0 Å². The topological polar surface area (TPSA) is 0 Å². The molecule has 0 aliphatic rings. The molecule has 4 aromatic carbocycles. The molecule has 0 N–H and O–H groups in total. The molecule has 0 saturated heterocycles. The van der Waals surface area contributed by atoms with Crippen LogP contribution in [0.15, 0.2) is 72.8 Å². The summed E-state index contributed by atoms with van der Waals surface area (Å²) in [6.45, 7) is 4.49. The highest BCUT2D eigenvalue weighted by molar-refractivity contribution is 5.99. The van der Waals surface area contributed by atoms with Crippen LogP contribution in [0.5, 0.6) is 0 Å². The van der Waals surface area contributed by atoms with Gasteiger partial charge in [0.05, 0.1) is 0 Å². The number of fused-ring (bicyclic) bond motifs is 2. The van der Waals surface area contributed by atoms with E-state index < -0.39 is 0 Å². The second-order valence-corrected chi connectivity index (χ2v) is 8.66. The van der Waals surface area contributed by atoms with Gasteiger partial charge in [0.25, 0.3) is 0 Å². The summed E-state index contributed by atoms with van der Waals surface area (Å²) in [5.74, 6) is 0. The molecule has 0 aliphatic heterocycles. The normalized spacial score (nSPS) is 11.4. The maximum absolute atomic E-state index is 2.34. The van der Waals surface area contributed by atoms with Crippen LogP contribution in [0.2, 0.25) is 0 Å². The van der Waals surface area contributed by atoms with Crippen LogP contribution in [0.3, 0.4) is 0 Å². The molecule has 154 valence electrons. The molecule has 0 saturated carbocycles. The highest BCUT2D eigenvalue weighted by Gasteiger charge is 2.04. The molecule has 0 radical (unpaired) electrons. The van der Waals surface area contributed by atoms with Crippen LogP contribution in [0, 0.1) is 0 Å². The van der Waals surface area contributed by atoms with E-state index >= 15 is 0 Å². The molecule has 0 heteroatoms. The molecule has 0 atom stereocenters. The lowest BCUT2D eigenvalue weighted by molar-refractivity contribution is 0.607. The van der Waals surface area contributed by atoms with Crippen molar-refractivity contribution in [1.82, 2.24) is 0 Å². The standard InChI is InChI=1S/C30H34/c1-3-5-6-7-8-9-10-24-12-14-25(15-13-24)26-17-18-28-21-29-19-23(4-2)11-16-27(29)22-30(28)20-26/h11-22H,3-10H2,1-2H3. The first-order valence-corrected chi connectivity index (χ1v) is 11.8. The second kappa shape index (κ2) is 9.94. The number of rotatable bonds is 9. The van der Waals surface area contributed by atoms with Crippen molar-refractivity contribution in [1.29, 1.82) is 0 Å². The van der Waals surface area contributed by atoms with E-state index in [0.717, 1.165) is 6.42 Å². The highest BCUT2D eigenvalue weighted by atomic mass is 14.1. The van der Waals surface area contributed by atoms with Gasteiger partial charge in [0, 0.05) is 0 Å². The lowest BCUT2D eigenvalue weighted by Gasteiger charge is -2.08. The predicted molar refractivity (Wildman–Crippen MR) is 133 cm³/mol. The van der Waals surface area contributed by atoms with Gasteiger partial charge in [-0.25, -0.2) is 0 Å². The van der Waals surface area contributed by atoms with Gasteiger partial charge >= 0.3 is 0 Å². The smallest absolute Gasteiger partial charge is 0.0171 e. The van der Waals surface area contributed by atoms with Crippen LogP contribution in [-0.4, -0.2) is 0 Å². The molecule has 0 nitrogen and oxygen atoms in total. The van der Waals surface area contributed by atoms with E-state index in [1.54, 1.807) is 0 Å². The largest absolute Gasteiger partial charge is 0.0654 e. The Labute approximate surface area is 182 Å². The van der Waals surface area contributed by atoms with Gasteiger partial charge in [-0.3, -0.25) is 0 Å². The van der Waals surface area contributed by atoms with Crippen LogP contribution in [0.1, 0.15) is 63.5 Å². The Kier molecular flexibility index (Phi) is 6.84. The van der Waals surface area contributed by atoms with Crippen molar-refractivity contribution in [2.75, 3.05) is 0 Å². The third-order valence-corrected chi connectivity index (χ3v) is 6.37. The van der Waals surface area contributed by atoms with Gasteiger partial charge in [0.2, 0.25) is 0 Å². The summed E-state index contributed by atoms with van der Waals surface area (Å²) >= 11 is 0. The Hall–Kier alpha value is -2.60. The fourth-order valence-corrected chi connectivity index (χ4v) is 4.42. The molecule has 0 unspecified atom stereocenters. The van der Waals surface area contributed by atoms with E-state index in [4.69, 9.17) is 0 Å². The molecule has 4 rings (SSSR count). The number of hydrogen-bond donors (Lipinski definition) is 0. The zero-order chi connectivity index (χ0) is 20.8. The van der Waals surface area contributed by atoms with Crippen LogP contribution < -0.4 is 0 Å². The molecule has 30 heavy (non-hydrogen) atoms. The van der Waals surface area contributed by atoms with Crippen molar-refractivity contribution < 1.29 is 0 Å². The van der Waals surface area contributed by atoms with Crippen LogP contribution in [0.4, 0.5) is 0 Å². The van der Waals surface area contributed by atoms with E-state index in [-0.39, 0.29) is 0 Å². The first kappa shape index (κ1) is 20.7. The maximum atomic E-state index is 2.34. The third kappa shape index (κ3) is 4.93. The Morgan fingerprint density at radius 2 is 1.07 bits per heavy atom. The summed E-state index contributed by atoms with van der Waals surface area (Å²) in [5, 5.41) is 5.30. The average Bonchev–Trinajstić information content (AvgIpc) is 2.79. The van der Waals surface area contributed by atoms with Gasteiger partial charge in [0.15, 0.2) is 0 Å². The van der Waals surface area contributed by atoms with E-state index in [2.05, 4.69) is 86.6 Å². The minimum Gasteiger partial charge on any atom is -0.0654 e. The van der Waals surface area contributed by atoms with Crippen molar-refractivity contribution in [3.05, 3.63) is 83.9 Å². The lowest BCUT2D eigenvalue weighted by Crippen LogP contribution is -1.87. The Balaban J connectivity index is 1.48. The molecule has 0 bridgehead atoms. The number of unbranched alkanes of at least 4 members (excludes halogenated alkanes) is 5. The maximum Gasteiger partial charge on any atom is -0.0171 e. The van der Waals surface area contributed by atoms with Crippen molar-refractivity contribution in [2.24, 2.45) is 0 Å². The van der Waals surface area contributed by atoms with Gasteiger partial charge in [0.1, 0.15) is 0 Å². The molecule has 0 aliphatic carbocycles. The highest BCUT2D eigenvalue weighted by Crippen LogP contribution is 2.29. The van der Waals surface area contributed by atoms with Crippen molar-refractivity contribution in [3.8, 4) is 11.1 Å². The van der Waals surface area contributed by atoms with Gasteiger partial charge in [-0.2, -0.15) is 0 Å². The lowest BCUT2D eigenvalue weighted by atomic mass is 9.96. The zero-order valence-corrected chi connectivity index (χ0v) is 18.6. The fraction of sp³-hybridized carbons (Fsp3) is 0.333. The van der Waals surface area contributed by atoms with Crippen LogP contribution >= 0.6 is 0 Å². The summed E-state index contributed by atoms with van der Waals surface area (Å²) in [6, 6.07) is 27.6. The molecule has 0 spiro atoms. The summed E-state index contributed by atoms with van der Waals surface area (Å²) in [7, 11) is 0. The summed E-state index contributed by atoms with van der Waals surface area (Å²) in [4.78, 5) is 0. The van der Waals surface area contributed by atoms with Crippen molar-refractivity contribution in [2.45, 2.75) is 65.2 Å².